The average molecular weight is 489 g/mol. The monoisotopic (exact) mass is 488 g/mol. The van der Waals surface area contributed by atoms with E-state index < -0.39 is 5.82 Å². The number of amides is 1. The maximum absolute atomic E-state index is 14.0. The molecule has 3 aromatic carbocycles. The van der Waals surface area contributed by atoms with E-state index in [4.69, 9.17) is 0 Å². The van der Waals surface area contributed by atoms with Gasteiger partial charge in [0.05, 0.1) is 22.3 Å². The minimum Gasteiger partial charge on any atom is -0.368 e. The molecule has 0 saturated carbocycles. The number of benzene rings is 3. The molecule has 2 heterocycles. The SMILES string of the molecule is Cc1ccccc1N1CCN(C(=O)CSc2nc3ccccc3c(=O)n2-c2cccc(F)c2)CC1. The van der Waals surface area contributed by atoms with Crippen molar-refractivity contribution in [3.8, 4) is 5.69 Å². The molecular formula is C27H25FN4O2S. The van der Waals surface area contributed by atoms with Crippen LogP contribution in [-0.2, 0) is 4.79 Å². The fourth-order valence-corrected chi connectivity index (χ4v) is 5.30. The van der Waals surface area contributed by atoms with Crippen LogP contribution in [-0.4, -0.2) is 52.3 Å². The summed E-state index contributed by atoms with van der Waals surface area (Å²) in [6.07, 6.45) is 0. The summed E-state index contributed by atoms with van der Waals surface area (Å²) in [5.41, 5.74) is 3.07. The molecule has 178 valence electrons. The normalized spacial score (nSPS) is 13.9. The number of thioether (sulfide) groups is 1. The van der Waals surface area contributed by atoms with Crippen molar-refractivity contribution < 1.29 is 9.18 Å². The third-order valence-electron chi connectivity index (χ3n) is 6.22. The Labute approximate surface area is 207 Å². The Morgan fingerprint density at radius 1 is 0.971 bits per heavy atom. The van der Waals surface area contributed by atoms with E-state index in [9.17, 15) is 14.0 Å². The summed E-state index contributed by atoms with van der Waals surface area (Å²) < 4.78 is 15.3. The lowest BCUT2D eigenvalue weighted by Gasteiger charge is -2.36. The molecule has 4 aromatic rings. The van der Waals surface area contributed by atoms with Crippen LogP contribution in [0.3, 0.4) is 0 Å². The van der Waals surface area contributed by atoms with Crippen molar-refractivity contribution >= 4 is 34.3 Å². The predicted octanol–water partition coefficient (Wildman–Crippen LogP) is 4.27. The molecule has 1 aliphatic heterocycles. The average Bonchev–Trinajstić information content (AvgIpc) is 2.88. The first-order valence-corrected chi connectivity index (χ1v) is 12.5. The number of fused-ring (bicyclic) bond motifs is 1. The number of rotatable bonds is 5. The number of carbonyl (C=O) groups is 1. The summed E-state index contributed by atoms with van der Waals surface area (Å²) >= 11 is 1.20. The Morgan fingerprint density at radius 3 is 2.49 bits per heavy atom. The molecule has 0 bridgehead atoms. The molecule has 1 aromatic heterocycles. The molecule has 1 amide bonds. The molecule has 35 heavy (non-hydrogen) atoms. The molecule has 0 unspecified atom stereocenters. The second kappa shape index (κ2) is 9.92. The summed E-state index contributed by atoms with van der Waals surface area (Å²) in [5, 5.41) is 0.811. The smallest absolute Gasteiger partial charge is 0.266 e. The number of nitrogens with zero attached hydrogens (tertiary/aromatic N) is 4. The van der Waals surface area contributed by atoms with Gasteiger partial charge in [0.15, 0.2) is 5.16 Å². The summed E-state index contributed by atoms with van der Waals surface area (Å²) in [4.78, 5) is 35.1. The number of piperazine rings is 1. The number of hydrogen-bond donors (Lipinski definition) is 0. The largest absolute Gasteiger partial charge is 0.368 e. The number of anilines is 1. The lowest BCUT2D eigenvalue weighted by Crippen LogP contribution is -2.49. The topological polar surface area (TPSA) is 58.4 Å². The molecule has 5 rings (SSSR count). The summed E-state index contributed by atoms with van der Waals surface area (Å²) in [6, 6.07) is 21.2. The Hall–Kier alpha value is -3.65. The fourth-order valence-electron chi connectivity index (χ4n) is 4.38. The van der Waals surface area contributed by atoms with Crippen molar-refractivity contribution in [3.63, 3.8) is 0 Å². The minimum atomic E-state index is -0.443. The second-order valence-electron chi connectivity index (χ2n) is 8.47. The second-order valence-corrected chi connectivity index (χ2v) is 9.42. The van der Waals surface area contributed by atoms with Gasteiger partial charge >= 0.3 is 0 Å². The third kappa shape index (κ3) is 4.79. The van der Waals surface area contributed by atoms with Crippen LogP contribution in [0.1, 0.15) is 5.56 Å². The zero-order chi connectivity index (χ0) is 24.4. The van der Waals surface area contributed by atoms with Crippen molar-refractivity contribution in [2.75, 3.05) is 36.8 Å². The first kappa shape index (κ1) is 23.1. The van der Waals surface area contributed by atoms with Crippen molar-refractivity contribution in [1.82, 2.24) is 14.5 Å². The number of para-hydroxylation sites is 2. The van der Waals surface area contributed by atoms with Crippen molar-refractivity contribution in [2.45, 2.75) is 12.1 Å². The maximum Gasteiger partial charge on any atom is 0.266 e. The molecule has 8 heteroatoms. The molecule has 0 N–H and O–H groups in total. The molecule has 0 aliphatic carbocycles. The number of carbonyl (C=O) groups excluding carboxylic acids is 1. The van der Waals surface area contributed by atoms with E-state index in [1.807, 2.05) is 23.1 Å². The lowest BCUT2D eigenvalue weighted by atomic mass is 10.1. The van der Waals surface area contributed by atoms with E-state index in [0.29, 0.717) is 34.8 Å². The molecular weight excluding hydrogens is 463 g/mol. The van der Waals surface area contributed by atoms with Gasteiger partial charge in [-0.2, -0.15) is 0 Å². The van der Waals surface area contributed by atoms with E-state index in [1.54, 1.807) is 30.3 Å². The van der Waals surface area contributed by atoms with Crippen molar-refractivity contribution in [2.24, 2.45) is 0 Å². The van der Waals surface area contributed by atoms with Gasteiger partial charge in [0, 0.05) is 31.9 Å². The number of hydrogen-bond acceptors (Lipinski definition) is 5. The lowest BCUT2D eigenvalue weighted by molar-refractivity contribution is -0.128. The fraction of sp³-hybridized carbons (Fsp3) is 0.222. The Morgan fingerprint density at radius 2 is 1.71 bits per heavy atom. The quantitative estimate of drug-likeness (QED) is 0.310. The van der Waals surface area contributed by atoms with Gasteiger partial charge in [-0.15, -0.1) is 0 Å². The third-order valence-corrected chi connectivity index (χ3v) is 7.15. The van der Waals surface area contributed by atoms with Gasteiger partial charge in [0.25, 0.3) is 5.56 Å². The maximum atomic E-state index is 14.0. The Bertz CT molecular complexity index is 1450. The van der Waals surface area contributed by atoms with Crippen LogP contribution in [0, 0.1) is 12.7 Å². The zero-order valence-corrected chi connectivity index (χ0v) is 20.2. The summed E-state index contributed by atoms with van der Waals surface area (Å²) in [7, 11) is 0. The van der Waals surface area contributed by atoms with Crippen molar-refractivity contribution in [3.05, 3.63) is 94.5 Å². The summed E-state index contributed by atoms with van der Waals surface area (Å²) in [6.45, 7) is 4.90. The summed E-state index contributed by atoms with van der Waals surface area (Å²) in [5.74, 6) is -0.307. The highest BCUT2D eigenvalue weighted by Gasteiger charge is 2.23. The van der Waals surface area contributed by atoms with E-state index in [0.717, 1.165) is 13.1 Å². The van der Waals surface area contributed by atoms with Crippen LogP contribution in [0.5, 0.6) is 0 Å². The highest BCUT2D eigenvalue weighted by atomic mass is 32.2. The Kier molecular flexibility index (Phi) is 6.55. The number of aryl methyl sites for hydroxylation is 1. The molecule has 0 radical (unpaired) electrons. The van der Waals surface area contributed by atoms with Gasteiger partial charge in [-0.25, -0.2) is 9.37 Å². The molecule has 1 saturated heterocycles. The molecule has 0 spiro atoms. The van der Waals surface area contributed by atoms with Crippen LogP contribution in [0.4, 0.5) is 10.1 Å². The van der Waals surface area contributed by atoms with Crippen molar-refractivity contribution in [1.29, 1.82) is 0 Å². The van der Waals surface area contributed by atoms with Crippen LogP contribution >= 0.6 is 11.8 Å². The van der Waals surface area contributed by atoms with Crippen LogP contribution in [0.15, 0.2) is 82.7 Å². The standard InChI is InChI=1S/C27H25FN4O2S/c1-19-7-2-5-12-24(19)30-13-15-31(16-14-30)25(33)18-35-27-29-23-11-4-3-10-22(23)26(34)32(27)21-9-6-8-20(28)17-21/h2-12,17H,13-16,18H2,1H3. The minimum absolute atomic E-state index is 0.00682. The van der Waals surface area contributed by atoms with E-state index in [-0.39, 0.29) is 17.2 Å². The van der Waals surface area contributed by atoms with Crippen LogP contribution < -0.4 is 10.5 Å². The van der Waals surface area contributed by atoms with E-state index in [1.165, 1.54) is 39.7 Å². The molecule has 6 nitrogen and oxygen atoms in total. The van der Waals surface area contributed by atoms with E-state index >= 15 is 0 Å². The van der Waals surface area contributed by atoms with Crippen LogP contribution in [0.25, 0.3) is 16.6 Å². The van der Waals surface area contributed by atoms with E-state index in [2.05, 4.69) is 28.9 Å². The van der Waals surface area contributed by atoms with Crippen LogP contribution in [0.2, 0.25) is 0 Å². The van der Waals surface area contributed by atoms with Gasteiger partial charge in [-0.05, 0) is 48.9 Å². The predicted molar refractivity (Wildman–Crippen MR) is 138 cm³/mol. The molecule has 1 aliphatic rings. The van der Waals surface area contributed by atoms with Gasteiger partial charge in [-0.1, -0.05) is 48.2 Å². The molecule has 1 fully saturated rings. The first-order chi connectivity index (χ1) is 17.0. The highest BCUT2D eigenvalue weighted by molar-refractivity contribution is 7.99. The Balaban J connectivity index is 1.34. The van der Waals surface area contributed by atoms with Gasteiger partial charge in [0.2, 0.25) is 5.91 Å². The molecule has 0 atom stereocenters. The number of halogens is 1. The van der Waals surface area contributed by atoms with Gasteiger partial charge in [0.1, 0.15) is 5.82 Å². The highest BCUT2D eigenvalue weighted by Crippen LogP contribution is 2.24. The number of aromatic nitrogens is 2. The zero-order valence-electron chi connectivity index (χ0n) is 19.4. The van der Waals surface area contributed by atoms with Gasteiger partial charge < -0.3 is 9.80 Å². The first-order valence-electron chi connectivity index (χ1n) is 11.5. The van der Waals surface area contributed by atoms with Gasteiger partial charge in [-0.3, -0.25) is 14.2 Å².